The lowest BCUT2D eigenvalue weighted by Crippen LogP contribution is -2.46. The Labute approximate surface area is 173 Å². The second kappa shape index (κ2) is 9.92. The van der Waals surface area contributed by atoms with Gasteiger partial charge in [0.2, 0.25) is 0 Å². The third kappa shape index (κ3) is 5.60. The molecule has 6 nitrogen and oxygen atoms in total. The minimum atomic E-state index is 0.103. The molecule has 0 unspecified atom stereocenters. The van der Waals surface area contributed by atoms with Gasteiger partial charge in [-0.05, 0) is 62.7 Å². The average molecular weight is 396 g/mol. The zero-order chi connectivity index (χ0) is 19.9. The predicted molar refractivity (Wildman–Crippen MR) is 115 cm³/mol. The standard InChI is InChI=1S/C23H33N5O/c29-23(28-14-4-8-22(28)19-27-13-5-12-25-27)24-18-21-10-16-26(17-11-21)15-9-20-6-2-1-3-7-20/h1-3,5-7,12-13,21-22H,4,8-11,14-19H2,(H,24,29)/t22-/m0/s1. The van der Waals surface area contributed by atoms with Crippen molar-refractivity contribution in [3.8, 4) is 0 Å². The Hall–Kier alpha value is -2.34. The van der Waals surface area contributed by atoms with Crippen LogP contribution in [0.15, 0.2) is 48.8 Å². The van der Waals surface area contributed by atoms with Crippen LogP contribution in [0.4, 0.5) is 4.79 Å². The van der Waals surface area contributed by atoms with E-state index in [-0.39, 0.29) is 12.1 Å². The van der Waals surface area contributed by atoms with E-state index in [0.717, 1.165) is 58.5 Å². The van der Waals surface area contributed by atoms with E-state index < -0.39 is 0 Å². The summed E-state index contributed by atoms with van der Waals surface area (Å²) in [6.45, 7) is 5.86. The first-order valence-electron chi connectivity index (χ1n) is 11.1. The highest BCUT2D eigenvalue weighted by Crippen LogP contribution is 2.20. The van der Waals surface area contributed by atoms with Gasteiger partial charge in [0.05, 0.1) is 12.6 Å². The normalized spacial score (nSPS) is 20.8. The predicted octanol–water partition coefficient (Wildman–Crippen LogP) is 3.01. The number of hydrogen-bond donors (Lipinski definition) is 1. The quantitative estimate of drug-likeness (QED) is 0.784. The Morgan fingerprint density at radius 3 is 2.66 bits per heavy atom. The molecule has 0 spiro atoms. The first kappa shape index (κ1) is 20.0. The molecule has 6 heteroatoms. The van der Waals surface area contributed by atoms with Gasteiger partial charge in [0.15, 0.2) is 0 Å². The van der Waals surface area contributed by atoms with Crippen molar-refractivity contribution >= 4 is 6.03 Å². The fourth-order valence-electron chi connectivity index (χ4n) is 4.60. The first-order chi connectivity index (χ1) is 14.3. The molecule has 0 aliphatic carbocycles. The van der Waals surface area contributed by atoms with Gasteiger partial charge in [0.25, 0.3) is 0 Å². The van der Waals surface area contributed by atoms with Gasteiger partial charge in [-0.15, -0.1) is 0 Å². The van der Waals surface area contributed by atoms with Crippen LogP contribution in [0.3, 0.4) is 0 Å². The molecule has 2 aliphatic heterocycles. The van der Waals surface area contributed by atoms with Crippen molar-refractivity contribution in [2.24, 2.45) is 5.92 Å². The molecular formula is C23H33N5O. The second-order valence-electron chi connectivity index (χ2n) is 8.42. The van der Waals surface area contributed by atoms with Gasteiger partial charge in [-0.2, -0.15) is 5.10 Å². The van der Waals surface area contributed by atoms with Crippen LogP contribution in [-0.4, -0.2) is 64.4 Å². The van der Waals surface area contributed by atoms with Crippen molar-refractivity contribution in [3.05, 3.63) is 54.4 Å². The number of carbonyl (C=O) groups is 1. The van der Waals surface area contributed by atoms with Crippen molar-refractivity contribution in [1.82, 2.24) is 24.9 Å². The Balaban J connectivity index is 1.16. The number of hydrogen-bond acceptors (Lipinski definition) is 3. The summed E-state index contributed by atoms with van der Waals surface area (Å²) in [5.74, 6) is 0.596. The second-order valence-corrected chi connectivity index (χ2v) is 8.42. The Morgan fingerprint density at radius 1 is 1.07 bits per heavy atom. The molecule has 4 rings (SSSR count). The lowest BCUT2D eigenvalue weighted by atomic mass is 9.96. The molecule has 2 saturated heterocycles. The summed E-state index contributed by atoms with van der Waals surface area (Å²) in [4.78, 5) is 17.3. The van der Waals surface area contributed by atoms with E-state index >= 15 is 0 Å². The number of nitrogens with one attached hydrogen (secondary N) is 1. The van der Waals surface area contributed by atoms with E-state index in [4.69, 9.17) is 0 Å². The zero-order valence-electron chi connectivity index (χ0n) is 17.2. The fourth-order valence-corrected chi connectivity index (χ4v) is 4.60. The van der Waals surface area contributed by atoms with Crippen molar-refractivity contribution < 1.29 is 4.79 Å². The number of amides is 2. The van der Waals surface area contributed by atoms with Crippen LogP contribution < -0.4 is 5.32 Å². The molecule has 0 bridgehead atoms. The van der Waals surface area contributed by atoms with Crippen LogP contribution in [0.1, 0.15) is 31.2 Å². The smallest absolute Gasteiger partial charge is 0.317 e. The molecule has 0 radical (unpaired) electrons. The van der Waals surface area contributed by atoms with Gasteiger partial charge in [-0.25, -0.2) is 4.79 Å². The maximum atomic E-state index is 12.7. The maximum absolute atomic E-state index is 12.7. The summed E-state index contributed by atoms with van der Waals surface area (Å²) in [7, 11) is 0. The van der Waals surface area contributed by atoms with Crippen LogP contribution in [0.25, 0.3) is 0 Å². The van der Waals surface area contributed by atoms with Crippen LogP contribution in [-0.2, 0) is 13.0 Å². The average Bonchev–Trinajstić information content (AvgIpc) is 3.45. The molecule has 2 amide bonds. The number of benzene rings is 1. The van der Waals surface area contributed by atoms with Gasteiger partial charge in [0.1, 0.15) is 0 Å². The van der Waals surface area contributed by atoms with Crippen molar-refractivity contribution in [3.63, 3.8) is 0 Å². The number of likely N-dealkylation sites (tertiary alicyclic amines) is 2. The third-order valence-electron chi connectivity index (χ3n) is 6.40. The summed E-state index contributed by atoms with van der Waals surface area (Å²) in [6, 6.07) is 13.0. The minimum Gasteiger partial charge on any atom is -0.338 e. The van der Waals surface area contributed by atoms with Gasteiger partial charge in [-0.3, -0.25) is 4.68 Å². The number of carbonyl (C=O) groups excluding carboxylic acids is 1. The van der Waals surface area contributed by atoms with Gasteiger partial charge >= 0.3 is 6.03 Å². The number of nitrogens with zero attached hydrogens (tertiary/aromatic N) is 4. The summed E-state index contributed by atoms with van der Waals surface area (Å²) in [5.41, 5.74) is 1.41. The first-order valence-corrected chi connectivity index (χ1v) is 11.1. The molecule has 1 atom stereocenters. The summed E-state index contributed by atoms with van der Waals surface area (Å²) < 4.78 is 1.93. The third-order valence-corrected chi connectivity index (χ3v) is 6.40. The molecule has 1 aromatic heterocycles. The topological polar surface area (TPSA) is 53.4 Å². The van der Waals surface area contributed by atoms with Crippen LogP contribution >= 0.6 is 0 Å². The lowest BCUT2D eigenvalue weighted by molar-refractivity contribution is 0.168. The van der Waals surface area contributed by atoms with Crippen LogP contribution in [0.2, 0.25) is 0 Å². The Morgan fingerprint density at radius 2 is 1.90 bits per heavy atom. The highest BCUT2D eigenvalue weighted by atomic mass is 16.2. The highest BCUT2D eigenvalue weighted by molar-refractivity contribution is 5.74. The van der Waals surface area contributed by atoms with E-state index in [1.54, 1.807) is 6.20 Å². The lowest BCUT2D eigenvalue weighted by Gasteiger charge is -2.32. The van der Waals surface area contributed by atoms with Crippen LogP contribution in [0, 0.1) is 5.92 Å². The highest BCUT2D eigenvalue weighted by Gasteiger charge is 2.29. The molecular weight excluding hydrogens is 362 g/mol. The molecule has 2 fully saturated rings. The molecule has 0 saturated carbocycles. The van der Waals surface area contributed by atoms with Gasteiger partial charge in [0, 0.05) is 32.0 Å². The SMILES string of the molecule is O=C(NCC1CCN(CCc2ccccc2)CC1)N1CCC[C@H]1Cn1cccn1. The summed E-state index contributed by atoms with van der Waals surface area (Å²) in [5, 5.41) is 7.50. The van der Waals surface area contributed by atoms with Crippen molar-refractivity contribution in [2.45, 2.75) is 44.7 Å². The number of piperidine rings is 1. The van der Waals surface area contributed by atoms with Crippen LogP contribution in [0.5, 0.6) is 0 Å². The Kier molecular flexibility index (Phi) is 6.83. The number of aromatic nitrogens is 2. The molecule has 2 aliphatic rings. The maximum Gasteiger partial charge on any atom is 0.317 e. The van der Waals surface area contributed by atoms with E-state index in [1.807, 2.05) is 21.8 Å². The molecule has 3 heterocycles. The number of urea groups is 1. The molecule has 1 aromatic carbocycles. The largest absolute Gasteiger partial charge is 0.338 e. The Bertz CT molecular complexity index is 740. The van der Waals surface area contributed by atoms with E-state index in [2.05, 4.69) is 45.6 Å². The van der Waals surface area contributed by atoms with E-state index in [9.17, 15) is 4.79 Å². The van der Waals surface area contributed by atoms with Gasteiger partial charge in [-0.1, -0.05) is 30.3 Å². The monoisotopic (exact) mass is 395 g/mol. The molecule has 2 aromatic rings. The molecule has 1 N–H and O–H groups in total. The minimum absolute atomic E-state index is 0.103. The van der Waals surface area contributed by atoms with E-state index in [0.29, 0.717) is 5.92 Å². The fraction of sp³-hybridized carbons (Fsp3) is 0.565. The van der Waals surface area contributed by atoms with Crippen molar-refractivity contribution in [2.75, 3.05) is 32.7 Å². The van der Waals surface area contributed by atoms with Gasteiger partial charge < -0.3 is 15.1 Å². The number of rotatable bonds is 7. The molecule has 156 valence electrons. The summed E-state index contributed by atoms with van der Waals surface area (Å²) >= 11 is 0. The summed E-state index contributed by atoms with van der Waals surface area (Å²) in [6.07, 6.45) is 9.38. The van der Waals surface area contributed by atoms with Crippen molar-refractivity contribution in [1.29, 1.82) is 0 Å². The zero-order valence-corrected chi connectivity index (χ0v) is 17.2. The molecule has 29 heavy (non-hydrogen) atoms. The van der Waals surface area contributed by atoms with E-state index in [1.165, 1.54) is 18.4 Å².